The van der Waals surface area contributed by atoms with Gasteiger partial charge in [-0.1, -0.05) is 0 Å². The van der Waals surface area contributed by atoms with Crippen LogP contribution < -0.4 is 5.32 Å². The second-order valence-corrected chi connectivity index (χ2v) is 8.47. The molecule has 1 amide bonds. The Kier molecular flexibility index (Phi) is 6.96. The average Bonchev–Trinajstić information content (AvgIpc) is 2.30. The molecule has 0 aliphatic carbocycles. The van der Waals surface area contributed by atoms with Gasteiger partial charge in [0, 0.05) is 22.7 Å². The molecule has 0 heterocycles. The number of hydrogen-bond acceptors (Lipinski definition) is 2. The van der Waals surface area contributed by atoms with E-state index in [-0.39, 0.29) is 12.3 Å². The Morgan fingerprint density at radius 3 is 2.40 bits per heavy atom. The van der Waals surface area contributed by atoms with E-state index in [0.29, 0.717) is 12.0 Å². The highest BCUT2D eigenvalue weighted by molar-refractivity contribution is 14.1. The number of halogens is 3. The minimum atomic E-state index is -0.856. The summed E-state index contributed by atoms with van der Waals surface area (Å²) in [5.41, 5.74) is 0.0796. The number of nitrogens with one attached hydrogen (secondary N) is 1. The molecule has 1 aromatic carbocycles. The normalized spacial score (nSPS) is 11.2. The van der Waals surface area contributed by atoms with Crippen LogP contribution in [0.2, 0.25) is 0 Å². The molecule has 0 aliphatic rings. The molecule has 0 aliphatic heterocycles. The third-order valence-corrected chi connectivity index (χ3v) is 6.32. The van der Waals surface area contributed by atoms with Crippen molar-refractivity contribution in [3.8, 4) is 0 Å². The maximum absolute atomic E-state index is 12.4. The first-order valence-corrected chi connectivity index (χ1v) is 9.05. The summed E-state index contributed by atoms with van der Waals surface area (Å²) in [7, 11) is 0. The Morgan fingerprint density at radius 2 is 1.85 bits per heavy atom. The predicted octanol–water partition coefficient (Wildman–Crippen LogP) is 3.87. The van der Waals surface area contributed by atoms with Crippen LogP contribution in [0.25, 0.3) is 0 Å². The minimum Gasteiger partial charge on any atom is -0.481 e. The van der Waals surface area contributed by atoms with Crippen LogP contribution in [0.15, 0.2) is 12.1 Å². The Morgan fingerprint density at radius 1 is 1.25 bits per heavy atom. The van der Waals surface area contributed by atoms with Crippen molar-refractivity contribution in [3.05, 3.63) is 28.4 Å². The van der Waals surface area contributed by atoms with Gasteiger partial charge in [-0.3, -0.25) is 9.59 Å². The van der Waals surface area contributed by atoms with Gasteiger partial charge in [-0.15, -0.1) is 0 Å². The number of amides is 1. The molecule has 1 rings (SSSR count). The van der Waals surface area contributed by atoms with E-state index >= 15 is 0 Å². The van der Waals surface area contributed by atoms with E-state index in [2.05, 4.69) is 73.1 Å². The van der Waals surface area contributed by atoms with Gasteiger partial charge in [0.2, 0.25) is 0 Å². The Labute approximate surface area is 158 Å². The molecule has 0 spiro atoms. The Balaban J connectivity index is 2.88. The van der Waals surface area contributed by atoms with Crippen LogP contribution in [0.3, 0.4) is 0 Å². The van der Waals surface area contributed by atoms with Gasteiger partial charge in [-0.05, 0) is 100 Å². The third kappa shape index (κ3) is 5.62. The molecule has 20 heavy (non-hydrogen) atoms. The lowest BCUT2D eigenvalue weighted by Crippen LogP contribution is -2.44. The first kappa shape index (κ1) is 18.4. The van der Waals surface area contributed by atoms with Crippen LogP contribution in [0.4, 0.5) is 0 Å². The van der Waals surface area contributed by atoms with Gasteiger partial charge in [0.05, 0.1) is 5.56 Å². The van der Waals surface area contributed by atoms with Gasteiger partial charge in [0.1, 0.15) is 0 Å². The molecule has 110 valence electrons. The Hall–Kier alpha value is 0.350. The van der Waals surface area contributed by atoms with Gasteiger partial charge in [0.15, 0.2) is 0 Å². The van der Waals surface area contributed by atoms with E-state index in [4.69, 9.17) is 5.11 Å². The number of carboxylic acid groups (broad SMARTS) is 1. The van der Waals surface area contributed by atoms with Crippen molar-refractivity contribution in [2.75, 3.05) is 0 Å². The lowest BCUT2D eigenvalue weighted by molar-refractivity contribution is -0.137. The molecule has 0 saturated heterocycles. The van der Waals surface area contributed by atoms with E-state index in [9.17, 15) is 9.59 Å². The lowest BCUT2D eigenvalue weighted by atomic mass is 9.98. The maximum atomic E-state index is 12.4. The zero-order valence-electron chi connectivity index (χ0n) is 11.0. The van der Waals surface area contributed by atoms with Crippen LogP contribution in [-0.2, 0) is 4.79 Å². The highest BCUT2D eigenvalue weighted by Gasteiger charge is 2.24. The van der Waals surface area contributed by atoms with Crippen LogP contribution in [-0.4, -0.2) is 22.5 Å². The maximum Gasteiger partial charge on any atom is 0.303 e. The van der Waals surface area contributed by atoms with Crippen LogP contribution >= 0.6 is 67.8 Å². The van der Waals surface area contributed by atoms with Crippen molar-refractivity contribution >= 4 is 79.6 Å². The Bertz CT molecular complexity index is 544. The van der Waals surface area contributed by atoms with Gasteiger partial charge in [0.25, 0.3) is 5.91 Å². The molecule has 0 bridgehead atoms. The third-order valence-electron chi connectivity index (χ3n) is 2.65. The van der Waals surface area contributed by atoms with Gasteiger partial charge < -0.3 is 10.4 Å². The molecule has 0 atom stereocenters. The standard InChI is InChI=1S/C13H14I3NO3/c1-13(2,4-3-10(18)19)17-12(20)8-5-7(14)6-9(15)11(8)16/h5-6H,3-4H2,1-2H3,(H,17,20)(H,18,19). The van der Waals surface area contributed by atoms with Crippen LogP contribution in [0, 0.1) is 10.7 Å². The van der Waals surface area contributed by atoms with Crippen LogP contribution in [0.5, 0.6) is 0 Å². The molecule has 0 unspecified atom stereocenters. The van der Waals surface area contributed by atoms with Crippen molar-refractivity contribution < 1.29 is 14.7 Å². The molecule has 4 nitrogen and oxygen atoms in total. The van der Waals surface area contributed by atoms with E-state index in [0.717, 1.165) is 10.7 Å². The van der Waals surface area contributed by atoms with Crippen molar-refractivity contribution in [2.45, 2.75) is 32.2 Å². The molecule has 0 fully saturated rings. The fraction of sp³-hybridized carbons (Fsp3) is 0.385. The SMILES string of the molecule is CC(C)(CCC(=O)O)NC(=O)c1cc(I)cc(I)c1I. The monoisotopic (exact) mass is 613 g/mol. The van der Waals surface area contributed by atoms with Crippen molar-refractivity contribution in [1.82, 2.24) is 5.32 Å². The number of rotatable bonds is 5. The summed E-state index contributed by atoms with van der Waals surface area (Å²) in [6.07, 6.45) is 0.430. The summed E-state index contributed by atoms with van der Waals surface area (Å²) in [5.74, 6) is -1.02. The molecule has 0 radical (unpaired) electrons. The molecule has 0 saturated carbocycles. The predicted molar refractivity (Wildman–Crippen MR) is 103 cm³/mol. The van der Waals surface area contributed by atoms with E-state index < -0.39 is 11.5 Å². The number of carboxylic acids is 1. The summed E-state index contributed by atoms with van der Waals surface area (Å²) in [6.45, 7) is 3.67. The second-order valence-electron chi connectivity index (χ2n) is 4.98. The summed E-state index contributed by atoms with van der Waals surface area (Å²) >= 11 is 6.53. The molecular weight excluding hydrogens is 599 g/mol. The van der Waals surface area contributed by atoms with E-state index in [1.807, 2.05) is 26.0 Å². The molecule has 1 aromatic rings. The number of benzene rings is 1. The fourth-order valence-corrected chi connectivity index (χ4v) is 3.98. The van der Waals surface area contributed by atoms with E-state index in [1.54, 1.807) is 0 Å². The fourth-order valence-electron chi connectivity index (χ4n) is 1.58. The minimum absolute atomic E-state index is 0.0359. The van der Waals surface area contributed by atoms with Gasteiger partial charge in [-0.2, -0.15) is 0 Å². The van der Waals surface area contributed by atoms with Gasteiger partial charge in [-0.25, -0.2) is 0 Å². The lowest BCUT2D eigenvalue weighted by Gasteiger charge is -2.26. The summed E-state index contributed by atoms with van der Waals surface area (Å²) in [6, 6.07) is 3.85. The molecule has 0 aromatic heterocycles. The average molecular weight is 613 g/mol. The molecule has 7 heteroatoms. The quantitative estimate of drug-likeness (QED) is 0.392. The zero-order chi connectivity index (χ0) is 15.5. The summed E-state index contributed by atoms with van der Waals surface area (Å²) < 4.78 is 2.94. The summed E-state index contributed by atoms with van der Waals surface area (Å²) in [4.78, 5) is 23.0. The van der Waals surface area contributed by atoms with Crippen molar-refractivity contribution in [3.63, 3.8) is 0 Å². The first-order valence-electron chi connectivity index (χ1n) is 5.81. The topological polar surface area (TPSA) is 66.4 Å². The first-order chi connectivity index (χ1) is 9.12. The summed E-state index contributed by atoms with van der Waals surface area (Å²) in [5, 5.41) is 11.6. The van der Waals surface area contributed by atoms with Crippen LogP contribution in [0.1, 0.15) is 37.0 Å². The highest BCUT2D eigenvalue weighted by Crippen LogP contribution is 2.23. The number of aliphatic carboxylic acids is 1. The zero-order valence-corrected chi connectivity index (χ0v) is 17.4. The number of carbonyl (C=O) groups excluding carboxylic acids is 1. The highest BCUT2D eigenvalue weighted by atomic mass is 127. The number of carbonyl (C=O) groups is 2. The smallest absolute Gasteiger partial charge is 0.303 e. The van der Waals surface area contributed by atoms with E-state index in [1.165, 1.54) is 0 Å². The van der Waals surface area contributed by atoms with Crippen molar-refractivity contribution in [1.29, 1.82) is 0 Å². The number of hydrogen-bond donors (Lipinski definition) is 2. The van der Waals surface area contributed by atoms with Crippen molar-refractivity contribution in [2.24, 2.45) is 0 Å². The second kappa shape index (κ2) is 7.56. The van der Waals surface area contributed by atoms with Gasteiger partial charge >= 0.3 is 5.97 Å². The molecular formula is C13H14I3NO3. The largest absolute Gasteiger partial charge is 0.481 e. The molecule has 2 N–H and O–H groups in total.